The lowest BCUT2D eigenvalue weighted by atomic mass is 9.54. The van der Waals surface area contributed by atoms with Crippen LogP contribution in [0.25, 0.3) is 22.6 Å². The maximum atomic E-state index is 15.7. The van der Waals surface area contributed by atoms with E-state index in [2.05, 4.69) is 39.0 Å². The van der Waals surface area contributed by atoms with E-state index in [9.17, 15) is 9.50 Å². The molecule has 10 heteroatoms. The summed E-state index contributed by atoms with van der Waals surface area (Å²) in [5, 5.41) is 19.6. The van der Waals surface area contributed by atoms with E-state index >= 15 is 4.39 Å². The molecule has 2 heterocycles. The minimum absolute atomic E-state index is 0.104. The topological polar surface area (TPSA) is 87.9 Å². The second-order valence-corrected chi connectivity index (χ2v) is 11.5. The van der Waals surface area contributed by atoms with Gasteiger partial charge in [0, 0.05) is 18.0 Å². The second-order valence-electron chi connectivity index (χ2n) is 10.7. The largest absolute Gasteiger partial charge is 0.507 e. The lowest BCUT2D eigenvalue weighted by Gasteiger charge is -2.55. The Hall–Kier alpha value is -2.88. The Balaban J connectivity index is 1.38. The van der Waals surface area contributed by atoms with Gasteiger partial charge in [-0.3, -0.25) is 0 Å². The standard InChI is InChI=1S/C26H30F2N6OS/c1-25-8-5-9-26(2,14-25)22(28)18(11-25)34(3)20-13-29-23(33-32-20)16-7-6-15(10-19(16)35)21-17(27)12-30-24(31-21)36-4/h6-7,10,12-13,18,22,35H,5,8-9,11,14H2,1-4H3/t18-,22-,25-,26-/m1/s1. The maximum absolute atomic E-state index is 15.7. The number of phenols is 1. The summed E-state index contributed by atoms with van der Waals surface area (Å²) in [5.74, 6) is 0.0117. The molecule has 2 aromatic heterocycles. The number of aromatic hydroxyl groups is 1. The van der Waals surface area contributed by atoms with Crippen molar-refractivity contribution in [2.24, 2.45) is 10.8 Å². The van der Waals surface area contributed by atoms with Crippen molar-refractivity contribution in [1.82, 2.24) is 25.1 Å². The van der Waals surface area contributed by atoms with Crippen LogP contribution in [0.15, 0.2) is 35.7 Å². The van der Waals surface area contributed by atoms with Crippen LogP contribution in [0.4, 0.5) is 14.6 Å². The average molecular weight is 513 g/mol. The molecule has 2 bridgehead atoms. The summed E-state index contributed by atoms with van der Waals surface area (Å²) in [6, 6.07) is 4.37. The van der Waals surface area contributed by atoms with Gasteiger partial charge < -0.3 is 10.0 Å². The van der Waals surface area contributed by atoms with Gasteiger partial charge in [-0.15, -0.1) is 10.2 Å². The molecular weight excluding hydrogens is 482 g/mol. The van der Waals surface area contributed by atoms with Crippen LogP contribution in [0.2, 0.25) is 0 Å². The molecule has 2 saturated carbocycles. The minimum atomic E-state index is -0.956. The first-order valence-corrected chi connectivity index (χ1v) is 13.3. The first-order valence-electron chi connectivity index (χ1n) is 12.1. The van der Waals surface area contributed by atoms with Gasteiger partial charge in [0.05, 0.1) is 24.0 Å². The van der Waals surface area contributed by atoms with Gasteiger partial charge in [-0.2, -0.15) is 0 Å². The van der Waals surface area contributed by atoms with Gasteiger partial charge in [0.25, 0.3) is 0 Å². The highest BCUT2D eigenvalue weighted by Gasteiger charge is 2.54. The average Bonchev–Trinajstić information content (AvgIpc) is 2.86. The van der Waals surface area contributed by atoms with Crippen LogP contribution in [0.1, 0.15) is 46.0 Å². The summed E-state index contributed by atoms with van der Waals surface area (Å²) in [7, 11) is 1.85. The molecule has 4 atom stereocenters. The number of hydrogen-bond acceptors (Lipinski definition) is 8. The van der Waals surface area contributed by atoms with Gasteiger partial charge in [0.15, 0.2) is 22.6 Å². The third-order valence-corrected chi connectivity index (χ3v) is 8.45. The maximum Gasteiger partial charge on any atom is 0.187 e. The van der Waals surface area contributed by atoms with Crippen LogP contribution in [-0.2, 0) is 0 Å². The molecule has 3 aromatic rings. The molecule has 0 aliphatic heterocycles. The molecule has 1 N–H and O–H groups in total. The van der Waals surface area contributed by atoms with Crippen LogP contribution < -0.4 is 4.90 Å². The predicted octanol–water partition coefficient (Wildman–Crippen LogP) is 5.70. The van der Waals surface area contributed by atoms with Gasteiger partial charge in [0.1, 0.15) is 17.6 Å². The Morgan fingerprint density at radius 1 is 1.14 bits per heavy atom. The Labute approximate surface area is 213 Å². The number of alkyl halides is 1. The normalized spacial score (nSPS) is 27.6. The molecule has 5 rings (SSSR count). The van der Waals surface area contributed by atoms with Crippen LogP contribution in [0.3, 0.4) is 0 Å². The Bertz CT molecular complexity index is 1280. The van der Waals surface area contributed by atoms with Crippen LogP contribution >= 0.6 is 11.8 Å². The van der Waals surface area contributed by atoms with Gasteiger partial charge in [0.2, 0.25) is 0 Å². The number of thioether (sulfide) groups is 1. The van der Waals surface area contributed by atoms with Gasteiger partial charge in [-0.05, 0) is 49.5 Å². The summed E-state index contributed by atoms with van der Waals surface area (Å²) in [5.41, 5.74) is 0.679. The van der Waals surface area contributed by atoms with Crippen molar-refractivity contribution in [2.45, 2.75) is 63.3 Å². The van der Waals surface area contributed by atoms with Crippen molar-refractivity contribution in [1.29, 1.82) is 0 Å². The predicted molar refractivity (Wildman–Crippen MR) is 136 cm³/mol. The first-order chi connectivity index (χ1) is 17.1. The van der Waals surface area contributed by atoms with Crippen molar-refractivity contribution < 1.29 is 13.9 Å². The van der Waals surface area contributed by atoms with Crippen molar-refractivity contribution in [3.05, 3.63) is 36.4 Å². The zero-order valence-corrected chi connectivity index (χ0v) is 21.7. The summed E-state index contributed by atoms with van der Waals surface area (Å²) >= 11 is 1.30. The van der Waals surface area contributed by atoms with E-state index in [0.717, 1.165) is 38.3 Å². The zero-order chi connectivity index (χ0) is 25.7. The van der Waals surface area contributed by atoms with E-state index in [1.54, 1.807) is 24.6 Å². The Morgan fingerprint density at radius 3 is 2.64 bits per heavy atom. The summed E-state index contributed by atoms with van der Waals surface area (Å²) in [6.07, 6.45) is 8.31. The molecule has 0 unspecified atom stereocenters. The number of anilines is 1. The smallest absolute Gasteiger partial charge is 0.187 e. The van der Waals surface area contributed by atoms with Gasteiger partial charge in [-0.25, -0.2) is 23.7 Å². The fraction of sp³-hybridized carbons (Fsp3) is 0.500. The highest BCUT2D eigenvalue weighted by molar-refractivity contribution is 7.98. The van der Waals surface area contributed by atoms with Gasteiger partial charge >= 0.3 is 0 Å². The molecule has 2 aliphatic carbocycles. The van der Waals surface area contributed by atoms with E-state index in [4.69, 9.17) is 0 Å². The molecule has 1 aromatic carbocycles. The number of halogens is 2. The molecule has 36 heavy (non-hydrogen) atoms. The highest BCUT2D eigenvalue weighted by atomic mass is 32.2. The lowest BCUT2D eigenvalue weighted by Crippen LogP contribution is -2.57. The van der Waals surface area contributed by atoms with Crippen LogP contribution in [0.5, 0.6) is 5.75 Å². The van der Waals surface area contributed by atoms with Crippen molar-refractivity contribution in [2.75, 3.05) is 18.2 Å². The third kappa shape index (κ3) is 4.40. The number of fused-ring (bicyclic) bond motifs is 2. The third-order valence-electron chi connectivity index (χ3n) is 7.89. The summed E-state index contributed by atoms with van der Waals surface area (Å²) in [4.78, 5) is 14.4. The molecule has 190 valence electrons. The minimum Gasteiger partial charge on any atom is -0.507 e. The summed E-state index contributed by atoms with van der Waals surface area (Å²) in [6.45, 7) is 4.34. The number of rotatable bonds is 5. The number of benzene rings is 1. The summed E-state index contributed by atoms with van der Waals surface area (Å²) < 4.78 is 30.0. The Morgan fingerprint density at radius 2 is 1.94 bits per heavy atom. The first kappa shape index (κ1) is 24.8. The fourth-order valence-electron chi connectivity index (χ4n) is 6.13. The number of aromatic nitrogens is 5. The molecule has 2 aliphatic rings. The fourth-order valence-corrected chi connectivity index (χ4v) is 6.47. The number of nitrogens with zero attached hydrogens (tertiary/aromatic N) is 6. The van der Waals surface area contributed by atoms with E-state index in [0.29, 0.717) is 22.1 Å². The zero-order valence-electron chi connectivity index (χ0n) is 20.9. The molecule has 0 spiro atoms. The van der Waals surface area contributed by atoms with Crippen molar-refractivity contribution in [3.63, 3.8) is 0 Å². The second kappa shape index (κ2) is 9.21. The van der Waals surface area contributed by atoms with E-state index in [1.165, 1.54) is 17.8 Å². The molecule has 0 radical (unpaired) electrons. The van der Waals surface area contributed by atoms with Crippen molar-refractivity contribution in [3.8, 4) is 28.4 Å². The molecule has 0 saturated heterocycles. The van der Waals surface area contributed by atoms with E-state index in [1.807, 2.05) is 11.9 Å². The van der Waals surface area contributed by atoms with E-state index in [-0.39, 0.29) is 34.1 Å². The monoisotopic (exact) mass is 512 g/mol. The van der Waals surface area contributed by atoms with Crippen LogP contribution in [-0.4, -0.2) is 55.8 Å². The van der Waals surface area contributed by atoms with Gasteiger partial charge in [-0.1, -0.05) is 38.1 Å². The lowest BCUT2D eigenvalue weighted by molar-refractivity contribution is -0.0540. The molecule has 7 nitrogen and oxygen atoms in total. The van der Waals surface area contributed by atoms with E-state index < -0.39 is 12.0 Å². The van der Waals surface area contributed by atoms with Crippen molar-refractivity contribution >= 4 is 17.6 Å². The highest BCUT2D eigenvalue weighted by Crippen LogP contribution is 2.57. The SMILES string of the molecule is CSc1ncc(F)c(-c2ccc(-c3ncc(N(C)[C@@H]4C[C@@]5(C)CCC[C@](C)(C5)[C@@H]4F)nn3)c(O)c2)n1. The molecule has 2 fully saturated rings. The Kier molecular flexibility index (Phi) is 6.34. The quantitative estimate of drug-likeness (QED) is 0.344. The number of phenolic OH excluding ortho intramolecular Hbond substituents is 1. The van der Waals surface area contributed by atoms with Crippen LogP contribution in [0, 0.1) is 16.6 Å². The molecular formula is C26H30F2N6OS. The number of hydrogen-bond donors (Lipinski definition) is 1. The molecule has 0 amide bonds.